The molecule has 7 heteroatoms. The summed E-state index contributed by atoms with van der Waals surface area (Å²) in [4.78, 5) is 47.6. The van der Waals surface area contributed by atoms with E-state index in [1.165, 1.54) is 6.20 Å². The highest BCUT2D eigenvalue weighted by molar-refractivity contribution is 5.93. The Kier molecular flexibility index (Phi) is 3.89. The van der Waals surface area contributed by atoms with Crippen LogP contribution in [-0.4, -0.2) is 57.3 Å². The number of aromatic nitrogens is 2. The lowest BCUT2D eigenvalue weighted by Gasteiger charge is -2.48. The van der Waals surface area contributed by atoms with Crippen LogP contribution in [0.4, 0.5) is 0 Å². The highest BCUT2D eigenvalue weighted by Crippen LogP contribution is 2.42. The maximum atomic E-state index is 12.8. The summed E-state index contributed by atoms with van der Waals surface area (Å²) in [6.45, 7) is 3.72. The molecular weight excluding hydrogens is 320 g/mol. The van der Waals surface area contributed by atoms with Gasteiger partial charge >= 0.3 is 0 Å². The van der Waals surface area contributed by atoms with E-state index in [1.54, 1.807) is 11.8 Å². The topological polar surface area (TPSA) is 86.4 Å². The number of hydrogen-bond acceptors (Lipinski definition) is 4. The molecule has 3 heterocycles. The van der Waals surface area contributed by atoms with E-state index in [4.69, 9.17) is 0 Å². The fourth-order valence-electron chi connectivity index (χ4n) is 4.28. The van der Waals surface area contributed by atoms with Crippen LogP contribution in [0.15, 0.2) is 11.0 Å². The number of nitrogens with zero attached hydrogens (tertiary/aromatic N) is 3. The molecule has 1 unspecified atom stereocenters. The van der Waals surface area contributed by atoms with E-state index in [-0.39, 0.29) is 28.4 Å². The molecule has 134 valence electrons. The Morgan fingerprint density at radius 2 is 2.08 bits per heavy atom. The molecule has 4 rings (SSSR count). The first-order chi connectivity index (χ1) is 12.0. The van der Waals surface area contributed by atoms with Crippen LogP contribution in [0.3, 0.4) is 0 Å². The molecule has 1 aromatic heterocycles. The van der Waals surface area contributed by atoms with Crippen LogP contribution in [0.2, 0.25) is 0 Å². The predicted molar refractivity (Wildman–Crippen MR) is 91.1 cm³/mol. The summed E-state index contributed by atoms with van der Waals surface area (Å²) in [6.07, 6.45) is 6.94. The minimum absolute atomic E-state index is 0.0186. The third-order valence-electron chi connectivity index (χ3n) is 5.79. The third kappa shape index (κ3) is 3.07. The average molecular weight is 344 g/mol. The summed E-state index contributed by atoms with van der Waals surface area (Å²) in [7, 11) is 0. The Balaban J connectivity index is 1.53. The van der Waals surface area contributed by atoms with E-state index >= 15 is 0 Å². The summed E-state index contributed by atoms with van der Waals surface area (Å²) in [5.74, 6) is 0.515. The number of rotatable bonds is 2. The molecule has 3 aliphatic rings. The standard InChI is InChI=1S/C18H24N4O3/c1-12-19-9-14(16(24)20-12)17(25)21-8-2-6-18(10-21)7-5-15(23)22(11-18)13-3-4-13/h9,13H,2-8,10-11H2,1H3,(H,19,20,24). The Morgan fingerprint density at radius 3 is 2.80 bits per heavy atom. The van der Waals surface area contributed by atoms with E-state index in [1.807, 2.05) is 4.90 Å². The van der Waals surface area contributed by atoms with Crippen molar-refractivity contribution in [3.05, 3.63) is 27.9 Å². The van der Waals surface area contributed by atoms with E-state index < -0.39 is 0 Å². The number of hydrogen-bond donors (Lipinski definition) is 1. The second-order valence-corrected chi connectivity index (χ2v) is 7.79. The zero-order valence-corrected chi connectivity index (χ0v) is 14.6. The monoisotopic (exact) mass is 344 g/mol. The number of H-pyrrole nitrogens is 1. The Hall–Kier alpha value is -2.18. The number of likely N-dealkylation sites (tertiary alicyclic amines) is 2. The van der Waals surface area contributed by atoms with Gasteiger partial charge in [0, 0.05) is 43.7 Å². The van der Waals surface area contributed by atoms with Gasteiger partial charge in [0.15, 0.2) is 0 Å². The summed E-state index contributed by atoms with van der Waals surface area (Å²) < 4.78 is 0. The van der Waals surface area contributed by atoms with Crippen molar-refractivity contribution in [1.29, 1.82) is 0 Å². The molecule has 2 aliphatic heterocycles. The first kappa shape index (κ1) is 16.3. The summed E-state index contributed by atoms with van der Waals surface area (Å²) in [5, 5.41) is 0. The lowest BCUT2D eigenvalue weighted by molar-refractivity contribution is -0.139. The third-order valence-corrected chi connectivity index (χ3v) is 5.79. The molecule has 1 atom stereocenters. The van der Waals surface area contributed by atoms with E-state index in [2.05, 4.69) is 9.97 Å². The van der Waals surface area contributed by atoms with Crippen molar-refractivity contribution in [3.63, 3.8) is 0 Å². The highest BCUT2D eigenvalue weighted by atomic mass is 16.2. The fraction of sp³-hybridized carbons (Fsp3) is 0.667. The lowest BCUT2D eigenvalue weighted by Crippen LogP contribution is -2.55. The van der Waals surface area contributed by atoms with Crippen LogP contribution in [-0.2, 0) is 4.79 Å². The Bertz CT molecular complexity index is 770. The van der Waals surface area contributed by atoms with Gasteiger partial charge in [0.25, 0.3) is 11.5 Å². The molecule has 2 saturated heterocycles. The van der Waals surface area contributed by atoms with Gasteiger partial charge in [-0.05, 0) is 39.0 Å². The van der Waals surface area contributed by atoms with Gasteiger partial charge in [-0.2, -0.15) is 0 Å². The van der Waals surface area contributed by atoms with Gasteiger partial charge in [-0.1, -0.05) is 0 Å². The quantitative estimate of drug-likeness (QED) is 0.870. The fourth-order valence-corrected chi connectivity index (χ4v) is 4.28. The van der Waals surface area contributed by atoms with Gasteiger partial charge in [-0.25, -0.2) is 4.98 Å². The van der Waals surface area contributed by atoms with Gasteiger partial charge in [-0.15, -0.1) is 0 Å². The molecule has 3 fully saturated rings. The van der Waals surface area contributed by atoms with E-state index in [0.717, 1.165) is 38.6 Å². The van der Waals surface area contributed by atoms with Crippen LogP contribution in [0.1, 0.15) is 54.7 Å². The molecule has 1 saturated carbocycles. The van der Waals surface area contributed by atoms with Crippen LogP contribution >= 0.6 is 0 Å². The maximum absolute atomic E-state index is 12.8. The molecule has 1 aliphatic carbocycles. The number of carbonyl (C=O) groups is 2. The molecule has 25 heavy (non-hydrogen) atoms. The van der Waals surface area contributed by atoms with Crippen LogP contribution in [0.5, 0.6) is 0 Å². The highest BCUT2D eigenvalue weighted by Gasteiger charge is 2.46. The van der Waals surface area contributed by atoms with Crippen LogP contribution in [0.25, 0.3) is 0 Å². The number of aromatic amines is 1. The molecule has 0 radical (unpaired) electrons. The number of nitrogens with one attached hydrogen (secondary N) is 1. The molecule has 1 N–H and O–H groups in total. The summed E-state index contributed by atoms with van der Waals surface area (Å²) in [6, 6.07) is 0.417. The van der Waals surface area contributed by atoms with Crippen molar-refractivity contribution in [2.75, 3.05) is 19.6 Å². The second-order valence-electron chi connectivity index (χ2n) is 7.79. The van der Waals surface area contributed by atoms with Crippen LogP contribution < -0.4 is 5.56 Å². The minimum Gasteiger partial charge on any atom is -0.339 e. The maximum Gasteiger partial charge on any atom is 0.263 e. The molecule has 0 bridgehead atoms. The first-order valence-corrected chi connectivity index (χ1v) is 9.12. The molecule has 7 nitrogen and oxygen atoms in total. The zero-order valence-electron chi connectivity index (χ0n) is 14.6. The summed E-state index contributed by atoms with van der Waals surface area (Å²) >= 11 is 0. The van der Waals surface area contributed by atoms with Gasteiger partial charge in [0.1, 0.15) is 11.4 Å². The number of carbonyl (C=O) groups excluding carboxylic acids is 2. The molecule has 1 spiro atoms. The predicted octanol–water partition coefficient (Wildman–Crippen LogP) is 1.09. The van der Waals surface area contributed by atoms with E-state index in [0.29, 0.717) is 31.4 Å². The average Bonchev–Trinajstić information content (AvgIpc) is 3.42. The molecule has 0 aromatic carbocycles. The Morgan fingerprint density at radius 1 is 1.28 bits per heavy atom. The van der Waals surface area contributed by atoms with Crippen molar-refractivity contribution in [1.82, 2.24) is 19.8 Å². The van der Waals surface area contributed by atoms with Gasteiger partial charge < -0.3 is 14.8 Å². The molecular formula is C18H24N4O3. The normalized spacial score (nSPS) is 27.0. The number of aryl methyl sites for hydroxylation is 1. The SMILES string of the molecule is Cc1ncc(C(=O)N2CCCC3(CCC(=O)N(C4CC4)C3)C2)c(=O)[nH]1. The van der Waals surface area contributed by atoms with Crippen molar-refractivity contribution in [2.24, 2.45) is 5.41 Å². The second kappa shape index (κ2) is 5.97. The number of piperidine rings is 2. The number of amides is 2. The van der Waals surface area contributed by atoms with Gasteiger partial charge in [0.2, 0.25) is 5.91 Å². The van der Waals surface area contributed by atoms with E-state index in [9.17, 15) is 14.4 Å². The molecule has 2 amide bonds. The summed E-state index contributed by atoms with van der Waals surface area (Å²) in [5.41, 5.74) is -0.293. The van der Waals surface area contributed by atoms with Crippen molar-refractivity contribution in [2.45, 2.75) is 51.5 Å². The smallest absolute Gasteiger partial charge is 0.263 e. The van der Waals surface area contributed by atoms with Crippen LogP contribution in [0, 0.1) is 12.3 Å². The van der Waals surface area contributed by atoms with Crippen molar-refractivity contribution in [3.8, 4) is 0 Å². The Labute approximate surface area is 146 Å². The first-order valence-electron chi connectivity index (χ1n) is 9.12. The lowest BCUT2D eigenvalue weighted by atomic mass is 9.73. The zero-order chi connectivity index (χ0) is 17.6. The van der Waals surface area contributed by atoms with Crippen molar-refractivity contribution >= 4 is 11.8 Å². The molecule has 1 aromatic rings. The largest absolute Gasteiger partial charge is 0.339 e. The van der Waals surface area contributed by atoms with Crippen molar-refractivity contribution < 1.29 is 9.59 Å². The minimum atomic E-state index is -0.379. The van der Waals surface area contributed by atoms with Gasteiger partial charge in [0.05, 0.1) is 0 Å². The van der Waals surface area contributed by atoms with Gasteiger partial charge in [-0.3, -0.25) is 14.4 Å².